The van der Waals surface area contributed by atoms with Crippen LogP contribution in [0.1, 0.15) is 0 Å². The van der Waals surface area contributed by atoms with Crippen LogP contribution in [0.4, 0.5) is 34.1 Å². The largest absolute Gasteiger partial charge is 0.311 e. The third-order valence-corrected chi connectivity index (χ3v) is 23.6. The molecule has 3 nitrogen and oxygen atoms in total. The van der Waals surface area contributed by atoms with Gasteiger partial charge in [-0.05, 0) is 270 Å². The summed E-state index contributed by atoms with van der Waals surface area (Å²) in [5, 5.41) is 9.45. The molecule has 0 bridgehead atoms. The third-order valence-electron chi connectivity index (χ3n) is 23.6. The Bertz CT molecular complexity index is 6520. The van der Waals surface area contributed by atoms with E-state index in [0.29, 0.717) is 0 Å². The second kappa shape index (κ2) is 28.1. The van der Waals surface area contributed by atoms with Gasteiger partial charge in [0.25, 0.3) is 6.71 Å². The molecular weight excluding hydrogens is 1390 g/mol. The van der Waals surface area contributed by atoms with E-state index in [2.05, 4.69) is 447 Å². The zero-order chi connectivity index (χ0) is 75.9. The summed E-state index contributed by atoms with van der Waals surface area (Å²) in [7, 11) is 0. The molecule has 115 heavy (non-hydrogen) atoms. The van der Waals surface area contributed by atoms with Gasteiger partial charge in [-0.1, -0.05) is 315 Å². The summed E-state index contributed by atoms with van der Waals surface area (Å²) >= 11 is 0. The monoisotopic (exact) mass is 1460 g/mol. The number of hydrogen-bond acceptors (Lipinski definition) is 3. The van der Waals surface area contributed by atoms with Gasteiger partial charge in [-0.3, -0.25) is 0 Å². The first-order valence-electron chi connectivity index (χ1n) is 39.7. The van der Waals surface area contributed by atoms with E-state index in [1.165, 1.54) is 59.5 Å². The van der Waals surface area contributed by atoms with Gasteiger partial charge in [-0.2, -0.15) is 0 Å². The van der Waals surface area contributed by atoms with Crippen LogP contribution >= 0.6 is 0 Å². The Kier molecular flexibility index (Phi) is 16.4. The molecular formula is C111H72BN3. The molecule has 0 N–H and O–H groups in total. The third kappa shape index (κ3) is 12.1. The fourth-order valence-electron chi connectivity index (χ4n) is 18.1. The normalized spacial score (nSPS) is 12.1. The first-order valence-corrected chi connectivity index (χ1v) is 39.7. The highest BCUT2D eigenvalue weighted by Gasteiger charge is 2.45. The SMILES string of the molecule is c1ccc(-c2cc(-c3ccccc3)cc(-c3cc(-c4cc5c6c(c4)N(c4cc(-c7ccccc7)cc(-c7ccccc7)c4)c4c(ccc7cc8ccccc8cc47)B6c4ccc6cc7ccccc7cc6c4N5c4cc(-c5ccccc5)cc(-c5ccccc5)c4)cc(-c4cc(-c5ccccc5)cc(-c5ccccc5)c4)n3)c2)cc1. The van der Waals surface area contributed by atoms with Crippen molar-refractivity contribution in [2.24, 2.45) is 0 Å². The lowest BCUT2D eigenvalue weighted by molar-refractivity contribution is 1.26. The molecule has 0 saturated carbocycles. The van der Waals surface area contributed by atoms with Crippen LogP contribution in [0.25, 0.3) is 166 Å². The first kappa shape index (κ1) is 67.0. The zero-order valence-electron chi connectivity index (χ0n) is 63.0. The van der Waals surface area contributed by atoms with Gasteiger partial charge in [0.15, 0.2) is 0 Å². The summed E-state index contributed by atoms with van der Waals surface area (Å²) in [4.78, 5) is 11.4. The smallest absolute Gasteiger partial charge is 0.252 e. The van der Waals surface area contributed by atoms with Crippen molar-refractivity contribution in [1.29, 1.82) is 0 Å². The van der Waals surface area contributed by atoms with Crippen molar-refractivity contribution in [3.05, 3.63) is 437 Å². The molecule has 19 aromatic carbocycles. The predicted molar refractivity (Wildman–Crippen MR) is 488 cm³/mol. The van der Waals surface area contributed by atoms with Gasteiger partial charge < -0.3 is 9.80 Å². The summed E-state index contributed by atoms with van der Waals surface area (Å²) in [6, 6.07) is 163. The summed E-state index contributed by atoms with van der Waals surface area (Å²) < 4.78 is 0. The van der Waals surface area contributed by atoms with Gasteiger partial charge in [0.05, 0.1) is 11.4 Å². The molecule has 20 aromatic rings. The maximum Gasteiger partial charge on any atom is 0.252 e. The number of rotatable bonds is 13. The van der Waals surface area contributed by atoms with Crippen LogP contribution in [0, 0.1) is 0 Å². The lowest BCUT2D eigenvalue weighted by Crippen LogP contribution is -2.61. The van der Waals surface area contributed by atoms with E-state index in [-0.39, 0.29) is 6.71 Å². The number of pyridine rings is 1. The minimum Gasteiger partial charge on any atom is -0.311 e. The average molecular weight is 1460 g/mol. The molecule has 0 atom stereocenters. The molecule has 3 heterocycles. The Labute approximate surface area is 670 Å². The van der Waals surface area contributed by atoms with Crippen LogP contribution in [-0.4, -0.2) is 11.7 Å². The van der Waals surface area contributed by atoms with Gasteiger partial charge in [0.1, 0.15) is 0 Å². The second-order valence-electron chi connectivity index (χ2n) is 30.6. The number of nitrogens with zero attached hydrogens (tertiary/aromatic N) is 3. The van der Waals surface area contributed by atoms with E-state index in [4.69, 9.17) is 4.98 Å². The molecule has 0 radical (unpaired) electrons. The summed E-state index contributed by atoms with van der Waals surface area (Å²) in [6.45, 7) is -0.266. The first-order chi connectivity index (χ1) is 56.9. The molecule has 2 aliphatic heterocycles. The van der Waals surface area contributed by atoms with E-state index in [1.807, 2.05) is 0 Å². The zero-order valence-corrected chi connectivity index (χ0v) is 63.0. The van der Waals surface area contributed by atoms with Crippen molar-refractivity contribution in [2.45, 2.75) is 0 Å². The Morgan fingerprint density at radius 2 is 0.409 bits per heavy atom. The fraction of sp³-hybridized carbons (Fsp3) is 0. The highest BCUT2D eigenvalue weighted by atomic mass is 15.2. The van der Waals surface area contributed by atoms with Gasteiger partial charge in [-0.25, -0.2) is 4.98 Å². The molecule has 534 valence electrons. The Hall–Kier alpha value is -15.0. The van der Waals surface area contributed by atoms with Gasteiger partial charge in [0, 0.05) is 56.0 Å². The number of fused-ring (bicyclic) bond motifs is 10. The van der Waals surface area contributed by atoms with Gasteiger partial charge in [0.2, 0.25) is 0 Å². The van der Waals surface area contributed by atoms with Crippen molar-refractivity contribution in [3.8, 4) is 123 Å². The Morgan fingerprint density at radius 3 is 0.696 bits per heavy atom. The molecule has 0 unspecified atom stereocenters. The molecule has 0 saturated heterocycles. The summed E-state index contributed by atoms with van der Waals surface area (Å²) in [5.41, 5.74) is 34.0. The lowest BCUT2D eigenvalue weighted by atomic mass is 9.33. The average Bonchev–Trinajstić information content (AvgIpc) is 0.682. The van der Waals surface area contributed by atoms with Crippen molar-refractivity contribution >= 4 is 100 Å². The quantitative estimate of drug-likeness (QED) is 0.0847. The molecule has 1 aromatic heterocycles. The summed E-state index contributed by atoms with van der Waals surface area (Å²) in [5.74, 6) is 0. The van der Waals surface area contributed by atoms with E-state index >= 15 is 0 Å². The van der Waals surface area contributed by atoms with Crippen molar-refractivity contribution in [1.82, 2.24) is 4.98 Å². The van der Waals surface area contributed by atoms with Crippen molar-refractivity contribution in [2.75, 3.05) is 9.80 Å². The maximum atomic E-state index is 6.03. The predicted octanol–water partition coefficient (Wildman–Crippen LogP) is 28.1. The Balaban J connectivity index is 0.910. The van der Waals surface area contributed by atoms with Crippen molar-refractivity contribution < 1.29 is 0 Å². The van der Waals surface area contributed by atoms with E-state index in [1.54, 1.807) is 0 Å². The van der Waals surface area contributed by atoms with Crippen LogP contribution in [-0.2, 0) is 0 Å². The number of aromatic nitrogens is 1. The molecule has 0 amide bonds. The van der Waals surface area contributed by atoms with Crippen LogP contribution in [0.3, 0.4) is 0 Å². The van der Waals surface area contributed by atoms with Crippen LogP contribution < -0.4 is 26.2 Å². The molecule has 0 fully saturated rings. The standard InChI is InChI=1S/C111H72BN3/c1-9-29-73(30-10-1)87-55-88(74-31-11-2-12-32-74)60-97(59-87)105-69-95(70-106(113-105)98-61-89(75-33-13-3-14-34-75)56-90(62-98)76-35-15-4-16-36-76)96-71-107-109-108(72-96)115(100-65-93(79-41-21-7-22-42-79)58-94(66-100)80-43-23-8-24-44-80)111-102-68-84-48-28-26-46-82(84)54-86(102)50-52-104(111)112(109)103-51-49-85-53-81-45-25-27-47-83(81)67-101(85)110(103)114(107)99-63-91(77-37-17-5-18-38-77)57-92(64-99)78-39-19-6-20-40-78/h1-72H. The molecule has 22 rings (SSSR count). The Morgan fingerprint density at radius 1 is 0.174 bits per heavy atom. The van der Waals surface area contributed by atoms with E-state index in [9.17, 15) is 0 Å². The lowest BCUT2D eigenvalue weighted by Gasteiger charge is -2.45. The van der Waals surface area contributed by atoms with E-state index < -0.39 is 0 Å². The highest BCUT2D eigenvalue weighted by Crippen LogP contribution is 2.53. The van der Waals surface area contributed by atoms with Crippen LogP contribution in [0.15, 0.2) is 437 Å². The maximum absolute atomic E-state index is 6.03. The number of anilines is 6. The topological polar surface area (TPSA) is 19.4 Å². The molecule has 0 aliphatic carbocycles. The highest BCUT2D eigenvalue weighted by molar-refractivity contribution is 7.01. The van der Waals surface area contributed by atoms with E-state index in [0.717, 1.165) is 157 Å². The number of hydrogen-bond donors (Lipinski definition) is 0. The van der Waals surface area contributed by atoms with Gasteiger partial charge >= 0.3 is 0 Å². The van der Waals surface area contributed by atoms with Crippen LogP contribution in [0.2, 0.25) is 0 Å². The van der Waals surface area contributed by atoms with Gasteiger partial charge in [-0.15, -0.1) is 0 Å². The summed E-state index contributed by atoms with van der Waals surface area (Å²) in [6.07, 6.45) is 0. The molecule has 4 heteroatoms. The fourth-order valence-corrected chi connectivity index (χ4v) is 18.1. The minimum absolute atomic E-state index is 0.266. The van der Waals surface area contributed by atoms with Crippen molar-refractivity contribution in [3.63, 3.8) is 0 Å². The molecule has 0 spiro atoms. The molecule has 2 aliphatic rings. The second-order valence-corrected chi connectivity index (χ2v) is 30.6. The number of benzene rings is 19. The minimum atomic E-state index is -0.266. The van der Waals surface area contributed by atoms with Crippen LogP contribution in [0.5, 0.6) is 0 Å².